The van der Waals surface area contributed by atoms with Crippen LogP contribution in [0.4, 0.5) is 0 Å². The van der Waals surface area contributed by atoms with E-state index in [2.05, 4.69) is 23.5 Å². The number of nitrogens with one attached hydrogen (secondary N) is 1. The molecule has 100 valence electrons. The van der Waals surface area contributed by atoms with Crippen LogP contribution in [0.1, 0.15) is 23.4 Å². The molecule has 0 aliphatic carbocycles. The molecule has 2 rings (SSSR count). The highest BCUT2D eigenvalue weighted by Gasteiger charge is 2.21. The van der Waals surface area contributed by atoms with Gasteiger partial charge < -0.3 is 4.74 Å². The second-order valence-corrected chi connectivity index (χ2v) is 5.25. The molecule has 1 N–H and O–H groups in total. The predicted molar refractivity (Wildman–Crippen MR) is 77.2 cm³/mol. The number of carbonyl (C=O) groups excluding carboxylic acids is 1. The molecular formula is C15H17NO2S. The number of rotatable bonds is 5. The van der Waals surface area contributed by atoms with Crippen LogP contribution in [-0.4, -0.2) is 19.1 Å². The predicted octanol–water partition coefficient (Wildman–Crippen LogP) is 2.99. The van der Waals surface area contributed by atoms with Gasteiger partial charge in [-0.15, -0.1) is 11.3 Å². The standard InChI is InChI=1S/C15H17NO2S/c1-11(15(17)18-2)16-14(13-9-6-10-19-13)12-7-4-3-5-8-12/h3-11,14,16H,1-2H3. The lowest BCUT2D eigenvalue weighted by molar-refractivity contribution is -0.142. The van der Waals surface area contributed by atoms with E-state index in [9.17, 15) is 4.79 Å². The molecule has 0 aliphatic heterocycles. The van der Waals surface area contributed by atoms with Gasteiger partial charge in [-0.25, -0.2) is 0 Å². The summed E-state index contributed by atoms with van der Waals surface area (Å²) in [5.74, 6) is -0.252. The summed E-state index contributed by atoms with van der Waals surface area (Å²) in [5, 5.41) is 5.36. The first-order chi connectivity index (χ1) is 9.22. The monoisotopic (exact) mass is 275 g/mol. The zero-order valence-corrected chi connectivity index (χ0v) is 11.8. The summed E-state index contributed by atoms with van der Waals surface area (Å²) >= 11 is 1.67. The normalized spacial score (nSPS) is 13.8. The van der Waals surface area contributed by atoms with Crippen LogP contribution in [0.2, 0.25) is 0 Å². The Morgan fingerprint density at radius 2 is 1.95 bits per heavy atom. The highest BCUT2D eigenvalue weighted by Crippen LogP contribution is 2.26. The van der Waals surface area contributed by atoms with E-state index in [1.807, 2.05) is 36.6 Å². The van der Waals surface area contributed by atoms with Gasteiger partial charge in [0.2, 0.25) is 0 Å². The Morgan fingerprint density at radius 3 is 2.53 bits per heavy atom. The maximum absolute atomic E-state index is 11.6. The number of hydrogen-bond donors (Lipinski definition) is 1. The lowest BCUT2D eigenvalue weighted by Crippen LogP contribution is -2.37. The minimum absolute atomic E-state index is 0.00954. The van der Waals surface area contributed by atoms with Gasteiger partial charge in [-0.1, -0.05) is 36.4 Å². The maximum atomic E-state index is 11.6. The van der Waals surface area contributed by atoms with Crippen LogP contribution >= 0.6 is 11.3 Å². The van der Waals surface area contributed by atoms with E-state index >= 15 is 0 Å². The van der Waals surface area contributed by atoms with E-state index < -0.39 is 0 Å². The van der Waals surface area contributed by atoms with Gasteiger partial charge in [0, 0.05) is 4.88 Å². The van der Waals surface area contributed by atoms with E-state index in [-0.39, 0.29) is 18.1 Å². The van der Waals surface area contributed by atoms with E-state index in [1.54, 1.807) is 11.3 Å². The quantitative estimate of drug-likeness (QED) is 0.853. The molecule has 1 aromatic heterocycles. The molecule has 2 aromatic rings. The third-order valence-corrected chi connectivity index (χ3v) is 3.87. The number of esters is 1. The second-order valence-electron chi connectivity index (χ2n) is 4.27. The molecule has 0 radical (unpaired) electrons. The van der Waals surface area contributed by atoms with Gasteiger partial charge in [0.25, 0.3) is 0 Å². The van der Waals surface area contributed by atoms with Crippen molar-refractivity contribution >= 4 is 17.3 Å². The highest BCUT2D eigenvalue weighted by molar-refractivity contribution is 7.10. The van der Waals surface area contributed by atoms with Gasteiger partial charge in [-0.3, -0.25) is 10.1 Å². The zero-order chi connectivity index (χ0) is 13.7. The van der Waals surface area contributed by atoms with Gasteiger partial charge in [-0.2, -0.15) is 0 Å². The summed E-state index contributed by atoms with van der Waals surface area (Å²) in [7, 11) is 1.41. The average Bonchev–Trinajstić information content (AvgIpc) is 2.98. The molecule has 19 heavy (non-hydrogen) atoms. The number of benzene rings is 1. The van der Waals surface area contributed by atoms with Crippen molar-refractivity contribution in [2.45, 2.75) is 19.0 Å². The van der Waals surface area contributed by atoms with Crippen LogP contribution in [0.25, 0.3) is 0 Å². The Hall–Kier alpha value is -1.65. The van der Waals surface area contributed by atoms with Crippen LogP contribution < -0.4 is 5.32 Å². The van der Waals surface area contributed by atoms with Crippen LogP contribution in [0.5, 0.6) is 0 Å². The smallest absolute Gasteiger partial charge is 0.322 e. The van der Waals surface area contributed by atoms with Crippen molar-refractivity contribution < 1.29 is 9.53 Å². The van der Waals surface area contributed by atoms with Crippen LogP contribution in [0.15, 0.2) is 47.8 Å². The van der Waals surface area contributed by atoms with Gasteiger partial charge in [0.15, 0.2) is 0 Å². The largest absolute Gasteiger partial charge is 0.468 e. The first-order valence-corrected chi connectivity index (χ1v) is 7.02. The second kappa shape index (κ2) is 6.50. The summed E-state index contributed by atoms with van der Waals surface area (Å²) < 4.78 is 4.77. The Kier molecular flexibility index (Phi) is 4.71. The number of methoxy groups -OCH3 is 1. The molecule has 0 aliphatic rings. The van der Waals surface area contributed by atoms with Crippen LogP contribution in [0, 0.1) is 0 Å². The van der Waals surface area contributed by atoms with E-state index in [0.717, 1.165) is 5.56 Å². The molecular weight excluding hydrogens is 258 g/mol. The van der Waals surface area contributed by atoms with Crippen molar-refractivity contribution in [2.75, 3.05) is 7.11 Å². The topological polar surface area (TPSA) is 38.3 Å². The molecule has 1 heterocycles. The summed E-state index contributed by atoms with van der Waals surface area (Å²) in [4.78, 5) is 12.7. The van der Waals surface area contributed by atoms with E-state index in [4.69, 9.17) is 4.74 Å². The molecule has 2 atom stereocenters. The first-order valence-electron chi connectivity index (χ1n) is 6.14. The highest BCUT2D eigenvalue weighted by atomic mass is 32.1. The number of thiophene rings is 1. The first kappa shape index (κ1) is 13.8. The molecule has 2 unspecified atom stereocenters. The molecule has 0 amide bonds. The summed E-state index contributed by atoms with van der Waals surface area (Å²) in [6.45, 7) is 1.81. The fourth-order valence-electron chi connectivity index (χ4n) is 1.94. The number of carbonyl (C=O) groups is 1. The van der Waals surface area contributed by atoms with Crippen molar-refractivity contribution in [1.29, 1.82) is 0 Å². The van der Waals surface area contributed by atoms with E-state index in [0.29, 0.717) is 0 Å². The van der Waals surface area contributed by atoms with Gasteiger partial charge in [-0.05, 0) is 23.9 Å². The van der Waals surface area contributed by atoms with Gasteiger partial charge in [0.1, 0.15) is 6.04 Å². The molecule has 1 aromatic carbocycles. The average molecular weight is 275 g/mol. The summed E-state index contributed by atoms with van der Waals surface area (Å²) in [5.41, 5.74) is 1.14. The fourth-order valence-corrected chi connectivity index (χ4v) is 2.75. The molecule has 0 saturated carbocycles. The zero-order valence-electron chi connectivity index (χ0n) is 11.0. The molecule has 0 bridgehead atoms. The van der Waals surface area contributed by atoms with Gasteiger partial charge >= 0.3 is 5.97 Å². The Morgan fingerprint density at radius 1 is 1.21 bits per heavy atom. The number of ether oxygens (including phenoxy) is 1. The third kappa shape index (κ3) is 3.43. The van der Waals surface area contributed by atoms with Crippen molar-refractivity contribution in [3.8, 4) is 0 Å². The maximum Gasteiger partial charge on any atom is 0.322 e. The SMILES string of the molecule is COC(=O)C(C)NC(c1ccccc1)c1cccs1. The molecule has 3 nitrogen and oxygen atoms in total. The summed E-state index contributed by atoms with van der Waals surface area (Å²) in [6.07, 6.45) is 0. The summed E-state index contributed by atoms with van der Waals surface area (Å²) in [6, 6.07) is 13.8. The van der Waals surface area contributed by atoms with E-state index in [1.165, 1.54) is 12.0 Å². The Balaban J connectivity index is 2.24. The lowest BCUT2D eigenvalue weighted by Gasteiger charge is -2.21. The van der Waals surface area contributed by atoms with Crippen molar-refractivity contribution in [2.24, 2.45) is 0 Å². The molecule has 0 saturated heterocycles. The Labute approximate surface area is 117 Å². The minimum Gasteiger partial charge on any atom is -0.468 e. The third-order valence-electron chi connectivity index (χ3n) is 2.93. The Bertz CT molecular complexity index is 510. The molecule has 0 spiro atoms. The van der Waals surface area contributed by atoms with Crippen LogP contribution in [0.3, 0.4) is 0 Å². The molecule has 0 fully saturated rings. The fraction of sp³-hybridized carbons (Fsp3) is 0.267. The lowest BCUT2D eigenvalue weighted by atomic mass is 10.0. The van der Waals surface area contributed by atoms with Crippen molar-refractivity contribution in [3.05, 3.63) is 58.3 Å². The van der Waals surface area contributed by atoms with Crippen LogP contribution in [-0.2, 0) is 9.53 Å². The molecule has 4 heteroatoms. The van der Waals surface area contributed by atoms with Crippen molar-refractivity contribution in [1.82, 2.24) is 5.32 Å². The van der Waals surface area contributed by atoms with Gasteiger partial charge in [0.05, 0.1) is 13.2 Å². The number of hydrogen-bond acceptors (Lipinski definition) is 4. The minimum atomic E-state index is -0.350. The van der Waals surface area contributed by atoms with Crippen molar-refractivity contribution in [3.63, 3.8) is 0 Å².